The van der Waals surface area contributed by atoms with E-state index in [4.69, 9.17) is 14.2 Å². The Kier molecular flexibility index (Phi) is 9.09. The van der Waals surface area contributed by atoms with Crippen molar-refractivity contribution in [3.05, 3.63) is 56.3 Å². The fourth-order valence-corrected chi connectivity index (χ4v) is 4.58. The van der Waals surface area contributed by atoms with E-state index in [0.29, 0.717) is 38.1 Å². The van der Waals surface area contributed by atoms with Gasteiger partial charge in [0.05, 0.1) is 22.2 Å². The maximum Gasteiger partial charge on any atom is 0.344 e. The van der Waals surface area contributed by atoms with Crippen molar-refractivity contribution in [1.82, 2.24) is 4.90 Å². The number of imide groups is 1. The van der Waals surface area contributed by atoms with Crippen molar-refractivity contribution in [2.75, 3.05) is 32.2 Å². The van der Waals surface area contributed by atoms with Gasteiger partial charge in [-0.15, -0.1) is 0 Å². The number of nitrogens with zero attached hydrogens (tertiary/aromatic N) is 1. The third-order valence-electron chi connectivity index (χ3n) is 4.49. The van der Waals surface area contributed by atoms with Crippen LogP contribution < -0.4 is 14.8 Å². The topological polar surface area (TPSA) is 111 Å². The van der Waals surface area contributed by atoms with Gasteiger partial charge in [-0.25, -0.2) is 9.18 Å². The van der Waals surface area contributed by atoms with Gasteiger partial charge in [0.1, 0.15) is 12.4 Å². The number of ether oxygens (including phenoxy) is 3. The molecule has 12 heteroatoms. The molecule has 9 nitrogen and oxygen atoms in total. The SMILES string of the molecule is CCOC(=O)COc1c(I)cc(/C=C2/SC(=O)N(CC(=O)Nc3ccc(F)cc3)C2=O)cc1OC. The van der Waals surface area contributed by atoms with Crippen LogP contribution in [0.5, 0.6) is 11.5 Å². The summed E-state index contributed by atoms with van der Waals surface area (Å²) in [6.45, 7) is 1.15. The van der Waals surface area contributed by atoms with E-state index in [1.807, 2.05) is 22.6 Å². The normalized spacial score (nSPS) is 14.3. The lowest BCUT2D eigenvalue weighted by Crippen LogP contribution is -2.36. The molecule has 3 rings (SSSR count). The molecule has 2 aromatic carbocycles. The van der Waals surface area contributed by atoms with Gasteiger partial charge in [0.25, 0.3) is 11.1 Å². The van der Waals surface area contributed by atoms with Gasteiger partial charge in [0, 0.05) is 5.69 Å². The lowest BCUT2D eigenvalue weighted by Gasteiger charge is -2.13. The molecular weight excluding hydrogens is 594 g/mol. The summed E-state index contributed by atoms with van der Waals surface area (Å²) in [6.07, 6.45) is 1.50. The average Bonchev–Trinajstić information content (AvgIpc) is 3.07. The van der Waals surface area contributed by atoms with E-state index in [1.54, 1.807) is 19.1 Å². The molecule has 0 radical (unpaired) electrons. The number of halogens is 2. The van der Waals surface area contributed by atoms with Gasteiger partial charge in [-0.1, -0.05) is 0 Å². The van der Waals surface area contributed by atoms with Crippen LogP contribution in [-0.4, -0.2) is 54.8 Å². The van der Waals surface area contributed by atoms with Crippen LogP contribution in [0, 0.1) is 9.39 Å². The summed E-state index contributed by atoms with van der Waals surface area (Å²) in [7, 11) is 1.43. The first-order chi connectivity index (χ1) is 16.7. The zero-order valence-corrected chi connectivity index (χ0v) is 21.6. The van der Waals surface area contributed by atoms with Crippen molar-refractivity contribution in [2.45, 2.75) is 6.92 Å². The monoisotopic (exact) mass is 614 g/mol. The van der Waals surface area contributed by atoms with Crippen LogP contribution in [0.3, 0.4) is 0 Å². The third kappa shape index (κ3) is 6.94. The summed E-state index contributed by atoms with van der Waals surface area (Å²) < 4.78 is 29.4. The maximum atomic E-state index is 13.0. The van der Waals surface area contributed by atoms with Crippen molar-refractivity contribution in [1.29, 1.82) is 0 Å². The van der Waals surface area contributed by atoms with E-state index in [0.717, 1.165) is 4.90 Å². The van der Waals surface area contributed by atoms with Crippen molar-refractivity contribution >= 4 is 69.1 Å². The molecule has 1 heterocycles. The standard InChI is InChI=1S/C23H20FIN2O7S/c1-3-33-20(29)12-34-21-16(25)8-13(9-17(21)32-2)10-18-22(30)27(23(31)35-18)11-19(28)26-15-6-4-14(24)5-7-15/h4-10H,3,11-12H2,1-2H3,(H,26,28)/b18-10+. The van der Waals surface area contributed by atoms with E-state index < -0.39 is 35.4 Å². The molecule has 0 bridgehead atoms. The summed E-state index contributed by atoms with van der Waals surface area (Å²) >= 11 is 2.70. The van der Waals surface area contributed by atoms with Gasteiger partial charge in [0.2, 0.25) is 5.91 Å². The van der Waals surface area contributed by atoms with Gasteiger partial charge in [-0.2, -0.15) is 0 Å². The number of hydrogen-bond acceptors (Lipinski definition) is 8. The molecule has 3 amide bonds. The van der Waals surface area contributed by atoms with Gasteiger partial charge < -0.3 is 19.5 Å². The zero-order chi connectivity index (χ0) is 25.5. The van der Waals surface area contributed by atoms with E-state index >= 15 is 0 Å². The number of amides is 3. The lowest BCUT2D eigenvalue weighted by atomic mass is 10.2. The molecule has 1 saturated heterocycles. The summed E-state index contributed by atoms with van der Waals surface area (Å²) in [5.74, 6) is -1.53. The molecule has 0 saturated carbocycles. The van der Waals surface area contributed by atoms with Crippen LogP contribution in [0.2, 0.25) is 0 Å². The summed E-state index contributed by atoms with van der Waals surface area (Å²) in [5.41, 5.74) is 0.891. The smallest absolute Gasteiger partial charge is 0.344 e. The number of hydrogen-bond donors (Lipinski definition) is 1. The molecule has 2 aromatic rings. The number of esters is 1. The quantitative estimate of drug-likeness (QED) is 0.256. The second-order valence-electron chi connectivity index (χ2n) is 6.95. The highest BCUT2D eigenvalue weighted by molar-refractivity contribution is 14.1. The fourth-order valence-electron chi connectivity index (χ4n) is 2.96. The van der Waals surface area contributed by atoms with E-state index in [9.17, 15) is 23.6 Å². The minimum absolute atomic E-state index is 0.127. The van der Waals surface area contributed by atoms with Gasteiger partial charge in [-0.05, 0) is 89.3 Å². The maximum absolute atomic E-state index is 13.0. The molecule has 0 unspecified atom stereocenters. The number of methoxy groups -OCH3 is 1. The van der Waals surface area contributed by atoms with Crippen molar-refractivity contribution in [3.63, 3.8) is 0 Å². The number of carbonyl (C=O) groups is 4. The number of thioether (sulfide) groups is 1. The third-order valence-corrected chi connectivity index (χ3v) is 6.20. The Hall–Kier alpha value is -3.13. The molecule has 1 aliphatic rings. The average molecular weight is 614 g/mol. The molecule has 1 N–H and O–H groups in total. The Morgan fingerprint density at radius 2 is 1.91 bits per heavy atom. The molecule has 0 aromatic heterocycles. The fraction of sp³-hybridized carbons (Fsp3) is 0.217. The minimum Gasteiger partial charge on any atom is -0.493 e. The van der Waals surface area contributed by atoms with E-state index in [-0.39, 0.29) is 18.1 Å². The Morgan fingerprint density at radius 3 is 2.57 bits per heavy atom. The summed E-state index contributed by atoms with van der Waals surface area (Å²) in [4.78, 5) is 50.0. The minimum atomic E-state index is -0.620. The summed E-state index contributed by atoms with van der Waals surface area (Å²) in [6, 6.07) is 8.39. The number of benzene rings is 2. The van der Waals surface area contributed by atoms with Crippen molar-refractivity contribution < 1.29 is 37.8 Å². The highest BCUT2D eigenvalue weighted by Gasteiger charge is 2.36. The molecular formula is C23H20FIN2O7S. The molecule has 0 spiro atoms. The van der Waals surface area contributed by atoms with Crippen LogP contribution in [0.25, 0.3) is 6.08 Å². The Balaban J connectivity index is 1.72. The Bertz CT molecular complexity index is 1190. The van der Waals surface area contributed by atoms with Gasteiger partial charge >= 0.3 is 5.97 Å². The highest BCUT2D eigenvalue weighted by atomic mass is 127. The second-order valence-corrected chi connectivity index (χ2v) is 9.11. The number of rotatable bonds is 9. The first-order valence-electron chi connectivity index (χ1n) is 10.2. The molecule has 0 aliphatic carbocycles. The van der Waals surface area contributed by atoms with Crippen LogP contribution in [-0.2, 0) is 19.1 Å². The van der Waals surface area contributed by atoms with Crippen LogP contribution in [0.15, 0.2) is 41.3 Å². The number of anilines is 1. The molecule has 184 valence electrons. The van der Waals surface area contributed by atoms with Gasteiger partial charge in [-0.3, -0.25) is 19.3 Å². The molecule has 0 atom stereocenters. The Morgan fingerprint density at radius 1 is 1.20 bits per heavy atom. The van der Waals surface area contributed by atoms with Crippen LogP contribution in [0.4, 0.5) is 14.9 Å². The predicted octanol–water partition coefficient (Wildman–Crippen LogP) is 4.06. The Labute approximate surface area is 218 Å². The zero-order valence-electron chi connectivity index (χ0n) is 18.6. The van der Waals surface area contributed by atoms with E-state index in [1.165, 1.54) is 37.5 Å². The largest absolute Gasteiger partial charge is 0.493 e. The first kappa shape index (κ1) is 26.5. The van der Waals surface area contributed by atoms with E-state index in [2.05, 4.69) is 5.32 Å². The first-order valence-corrected chi connectivity index (χ1v) is 12.1. The number of nitrogens with one attached hydrogen (secondary N) is 1. The van der Waals surface area contributed by atoms with Crippen LogP contribution in [0.1, 0.15) is 12.5 Å². The molecule has 35 heavy (non-hydrogen) atoms. The molecule has 1 aliphatic heterocycles. The lowest BCUT2D eigenvalue weighted by molar-refractivity contribution is -0.145. The van der Waals surface area contributed by atoms with Gasteiger partial charge in [0.15, 0.2) is 18.1 Å². The van der Waals surface area contributed by atoms with Crippen molar-refractivity contribution in [3.8, 4) is 11.5 Å². The summed E-state index contributed by atoms with van der Waals surface area (Å²) in [5, 5.41) is 1.92. The number of carbonyl (C=O) groups excluding carboxylic acids is 4. The highest BCUT2D eigenvalue weighted by Crippen LogP contribution is 2.37. The predicted molar refractivity (Wildman–Crippen MR) is 136 cm³/mol. The van der Waals surface area contributed by atoms with Crippen molar-refractivity contribution in [2.24, 2.45) is 0 Å². The second kappa shape index (κ2) is 12.0. The van der Waals surface area contributed by atoms with Crippen LogP contribution >= 0.6 is 34.4 Å². The molecule has 1 fully saturated rings.